The average molecular weight is 195 g/mol. The van der Waals surface area contributed by atoms with Crippen LogP contribution in [-0.4, -0.2) is 15.1 Å². The van der Waals surface area contributed by atoms with Gasteiger partial charge in [-0.25, -0.2) is 0 Å². The number of aliphatic hydroxyl groups excluding tert-OH is 1. The van der Waals surface area contributed by atoms with Crippen LogP contribution in [0.3, 0.4) is 0 Å². The van der Waals surface area contributed by atoms with Gasteiger partial charge in [-0.05, 0) is 17.7 Å². The van der Waals surface area contributed by atoms with E-state index in [0.717, 1.165) is 5.56 Å². The molecule has 0 radical (unpaired) electrons. The van der Waals surface area contributed by atoms with Gasteiger partial charge in [-0.1, -0.05) is 11.6 Å². The zero-order chi connectivity index (χ0) is 9.26. The third-order valence-corrected chi connectivity index (χ3v) is 2.07. The molecular weight excluding hydrogens is 188 g/mol. The molecule has 0 saturated heterocycles. The normalized spacial score (nSPS) is 10.6. The molecule has 0 aliphatic rings. The van der Waals surface area contributed by atoms with Gasteiger partial charge < -0.3 is 5.11 Å². The molecule has 0 unspecified atom stereocenters. The summed E-state index contributed by atoms with van der Waals surface area (Å²) in [7, 11) is 0. The second-order valence-corrected chi connectivity index (χ2v) is 3.07. The van der Waals surface area contributed by atoms with Crippen LogP contribution in [0.2, 0.25) is 5.02 Å². The first-order chi connectivity index (χ1) is 6.31. The van der Waals surface area contributed by atoms with Gasteiger partial charge in [-0.3, -0.25) is 9.97 Å². The molecule has 0 aromatic carbocycles. The number of hydrogen-bond donors (Lipinski definition) is 1. The molecule has 2 rings (SSSR count). The highest BCUT2D eigenvalue weighted by Gasteiger charge is 2.01. The zero-order valence-corrected chi connectivity index (χ0v) is 7.49. The van der Waals surface area contributed by atoms with Crippen molar-refractivity contribution in [3.8, 4) is 0 Å². The van der Waals surface area contributed by atoms with Crippen LogP contribution in [0, 0.1) is 0 Å². The fourth-order valence-corrected chi connectivity index (χ4v) is 1.33. The first-order valence-electron chi connectivity index (χ1n) is 3.81. The predicted molar refractivity (Wildman–Crippen MR) is 50.5 cm³/mol. The highest BCUT2D eigenvalue weighted by atomic mass is 35.5. The van der Waals surface area contributed by atoms with Crippen LogP contribution < -0.4 is 0 Å². The van der Waals surface area contributed by atoms with Gasteiger partial charge in [0.25, 0.3) is 0 Å². The Kier molecular flexibility index (Phi) is 2.12. The molecule has 0 atom stereocenters. The fraction of sp³-hybridized carbons (Fsp3) is 0.111. The summed E-state index contributed by atoms with van der Waals surface area (Å²) in [6, 6.07) is 3.46. The van der Waals surface area contributed by atoms with E-state index in [4.69, 9.17) is 16.7 Å². The van der Waals surface area contributed by atoms with Gasteiger partial charge in [-0.15, -0.1) is 0 Å². The van der Waals surface area contributed by atoms with Crippen LogP contribution >= 0.6 is 11.6 Å². The topological polar surface area (TPSA) is 46.0 Å². The number of hydrogen-bond acceptors (Lipinski definition) is 3. The lowest BCUT2D eigenvalue weighted by molar-refractivity contribution is 0.281. The SMILES string of the molecule is OCc1cnc2c(Cl)ccnc2c1. The van der Waals surface area contributed by atoms with Crippen LogP contribution in [0.15, 0.2) is 24.5 Å². The number of nitrogens with zero attached hydrogens (tertiary/aromatic N) is 2. The number of fused-ring (bicyclic) bond motifs is 1. The molecule has 0 bridgehead atoms. The highest BCUT2D eigenvalue weighted by Crippen LogP contribution is 2.19. The van der Waals surface area contributed by atoms with Crippen LogP contribution in [0.1, 0.15) is 5.56 Å². The first-order valence-corrected chi connectivity index (χ1v) is 4.19. The Balaban J connectivity index is 2.72. The molecular formula is C9H7ClN2O. The Morgan fingerprint density at radius 2 is 2.23 bits per heavy atom. The van der Waals surface area contributed by atoms with Crippen molar-refractivity contribution >= 4 is 22.6 Å². The summed E-state index contributed by atoms with van der Waals surface area (Å²) in [6.45, 7) is -0.0306. The second-order valence-electron chi connectivity index (χ2n) is 2.66. The molecule has 0 aliphatic heterocycles. The molecule has 2 aromatic rings. The van der Waals surface area contributed by atoms with Crippen molar-refractivity contribution in [2.24, 2.45) is 0 Å². The van der Waals surface area contributed by atoms with E-state index in [2.05, 4.69) is 9.97 Å². The van der Waals surface area contributed by atoms with Gasteiger partial charge in [0.1, 0.15) is 5.52 Å². The van der Waals surface area contributed by atoms with E-state index in [9.17, 15) is 0 Å². The van der Waals surface area contributed by atoms with Crippen molar-refractivity contribution in [3.05, 3.63) is 35.1 Å². The van der Waals surface area contributed by atoms with E-state index in [1.807, 2.05) is 0 Å². The van der Waals surface area contributed by atoms with E-state index >= 15 is 0 Å². The zero-order valence-electron chi connectivity index (χ0n) is 6.74. The summed E-state index contributed by atoms with van der Waals surface area (Å²) in [5.74, 6) is 0. The van der Waals surface area contributed by atoms with E-state index in [-0.39, 0.29) is 6.61 Å². The maximum atomic E-state index is 8.87. The third kappa shape index (κ3) is 1.48. The smallest absolute Gasteiger partial charge is 0.107 e. The number of rotatable bonds is 1. The maximum Gasteiger partial charge on any atom is 0.107 e. The van der Waals surface area contributed by atoms with Gasteiger partial charge in [0.15, 0.2) is 0 Å². The summed E-state index contributed by atoms with van der Waals surface area (Å²) >= 11 is 5.89. The summed E-state index contributed by atoms with van der Waals surface area (Å²) in [5, 5.41) is 9.44. The third-order valence-electron chi connectivity index (χ3n) is 1.77. The van der Waals surface area contributed by atoms with Crippen molar-refractivity contribution < 1.29 is 5.11 Å². The van der Waals surface area contributed by atoms with E-state index < -0.39 is 0 Å². The quantitative estimate of drug-likeness (QED) is 0.753. The van der Waals surface area contributed by atoms with Crippen LogP contribution in [0.4, 0.5) is 0 Å². The van der Waals surface area contributed by atoms with E-state index in [1.54, 1.807) is 24.5 Å². The minimum atomic E-state index is -0.0306. The highest BCUT2D eigenvalue weighted by molar-refractivity contribution is 6.34. The van der Waals surface area contributed by atoms with Gasteiger partial charge in [0, 0.05) is 12.4 Å². The van der Waals surface area contributed by atoms with Crippen molar-refractivity contribution in [3.63, 3.8) is 0 Å². The molecule has 66 valence electrons. The minimum absolute atomic E-state index is 0.0306. The Morgan fingerprint density at radius 3 is 3.00 bits per heavy atom. The lowest BCUT2D eigenvalue weighted by Crippen LogP contribution is -1.88. The first kappa shape index (κ1) is 8.41. The number of aromatic nitrogens is 2. The molecule has 13 heavy (non-hydrogen) atoms. The molecule has 0 saturated carbocycles. The molecule has 0 fully saturated rings. The van der Waals surface area contributed by atoms with E-state index in [0.29, 0.717) is 16.1 Å². The van der Waals surface area contributed by atoms with Crippen LogP contribution in [-0.2, 0) is 6.61 Å². The summed E-state index contributed by atoms with van der Waals surface area (Å²) in [6.07, 6.45) is 3.21. The summed E-state index contributed by atoms with van der Waals surface area (Å²) < 4.78 is 0. The molecule has 3 nitrogen and oxygen atoms in total. The Hall–Kier alpha value is -1.19. The molecule has 2 aromatic heterocycles. The van der Waals surface area contributed by atoms with Gasteiger partial charge in [0.2, 0.25) is 0 Å². The monoisotopic (exact) mass is 194 g/mol. The molecule has 0 spiro atoms. The standard InChI is InChI=1S/C9H7ClN2O/c10-7-1-2-11-8-3-6(5-13)4-12-9(7)8/h1-4,13H,5H2. The molecule has 0 aliphatic carbocycles. The van der Waals surface area contributed by atoms with Crippen LogP contribution in [0.5, 0.6) is 0 Å². The summed E-state index contributed by atoms with van der Waals surface area (Å²) in [5.41, 5.74) is 2.11. The molecule has 2 heterocycles. The Morgan fingerprint density at radius 1 is 1.38 bits per heavy atom. The Labute approximate surface area is 80.0 Å². The summed E-state index contributed by atoms with van der Waals surface area (Å²) in [4.78, 5) is 8.19. The van der Waals surface area contributed by atoms with Crippen molar-refractivity contribution in [1.29, 1.82) is 0 Å². The van der Waals surface area contributed by atoms with Crippen molar-refractivity contribution in [1.82, 2.24) is 9.97 Å². The lowest BCUT2D eigenvalue weighted by atomic mass is 10.2. The maximum absolute atomic E-state index is 8.87. The minimum Gasteiger partial charge on any atom is -0.392 e. The molecule has 1 N–H and O–H groups in total. The molecule has 4 heteroatoms. The number of pyridine rings is 2. The largest absolute Gasteiger partial charge is 0.392 e. The number of halogens is 1. The average Bonchev–Trinajstić information content (AvgIpc) is 2.18. The second kappa shape index (κ2) is 3.28. The molecule has 0 amide bonds. The Bertz CT molecular complexity index is 445. The number of aliphatic hydroxyl groups is 1. The van der Waals surface area contributed by atoms with Crippen LogP contribution in [0.25, 0.3) is 11.0 Å². The van der Waals surface area contributed by atoms with Gasteiger partial charge in [0.05, 0.1) is 17.1 Å². The fourth-order valence-electron chi connectivity index (χ4n) is 1.13. The van der Waals surface area contributed by atoms with E-state index in [1.165, 1.54) is 0 Å². The lowest BCUT2D eigenvalue weighted by Gasteiger charge is -1.99. The van der Waals surface area contributed by atoms with Crippen molar-refractivity contribution in [2.45, 2.75) is 6.61 Å². The predicted octanol–water partition coefficient (Wildman–Crippen LogP) is 1.78. The van der Waals surface area contributed by atoms with Gasteiger partial charge in [-0.2, -0.15) is 0 Å². The van der Waals surface area contributed by atoms with Crippen molar-refractivity contribution in [2.75, 3.05) is 0 Å². The van der Waals surface area contributed by atoms with Gasteiger partial charge >= 0.3 is 0 Å².